The molecule has 1 aliphatic heterocycles. The van der Waals surface area contributed by atoms with Crippen molar-refractivity contribution in [3.8, 4) is 0 Å². The molecule has 0 unspecified atom stereocenters. The molecular weight excluding hydrogens is 324 g/mol. The highest BCUT2D eigenvalue weighted by atomic mass is 16.6. The van der Waals surface area contributed by atoms with Crippen LogP contribution in [0, 0.1) is 6.92 Å². The zero-order valence-corrected chi connectivity index (χ0v) is 15.1. The molecule has 0 aliphatic carbocycles. The first-order chi connectivity index (χ1) is 11.6. The van der Waals surface area contributed by atoms with Gasteiger partial charge in [0.05, 0.1) is 16.9 Å². The van der Waals surface area contributed by atoms with Crippen molar-refractivity contribution < 1.29 is 19.4 Å². The average molecular weight is 350 g/mol. The average Bonchev–Trinajstić information content (AvgIpc) is 2.49. The number of carboxylic acids is 1. The molecule has 0 bridgehead atoms. The van der Waals surface area contributed by atoms with Gasteiger partial charge in [-0.3, -0.25) is 0 Å². The molecule has 138 valence electrons. The standard InChI is InChI=1S/C17H26N4O4/c1-10-12(15(22)23)9-13(18)14(19-10)20-11-5-7-21(8-6-11)16(24)25-17(2,3)4/h9,11H,5-8,18H2,1-4H3,(H,19,20)(H,22,23). The van der Waals surface area contributed by atoms with E-state index in [1.54, 1.807) is 11.8 Å². The third-order valence-electron chi connectivity index (χ3n) is 3.96. The van der Waals surface area contributed by atoms with E-state index in [-0.39, 0.29) is 17.7 Å². The normalized spacial score (nSPS) is 15.8. The Labute approximate surface area is 147 Å². The number of amides is 1. The third kappa shape index (κ3) is 4.98. The van der Waals surface area contributed by atoms with E-state index in [1.807, 2.05) is 20.8 Å². The largest absolute Gasteiger partial charge is 0.478 e. The fourth-order valence-electron chi connectivity index (χ4n) is 2.68. The van der Waals surface area contributed by atoms with Gasteiger partial charge in [0, 0.05) is 19.1 Å². The Balaban J connectivity index is 1.95. The van der Waals surface area contributed by atoms with Gasteiger partial charge in [-0.05, 0) is 46.6 Å². The number of hydrogen-bond donors (Lipinski definition) is 3. The number of anilines is 2. The number of carbonyl (C=O) groups excluding carboxylic acids is 1. The molecule has 8 heteroatoms. The van der Waals surface area contributed by atoms with Crippen LogP contribution < -0.4 is 11.1 Å². The summed E-state index contributed by atoms with van der Waals surface area (Å²) in [6.45, 7) is 8.33. The first-order valence-electron chi connectivity index (χ1n) is 8.31. The second-order valence-corrected chi connectivity index (χ2v) is 7.25. The van der Waals surface area contributed by atoms with Crippen molar-refractivity contribution >= 4 is 23.6 Å². The number of nitrogens with one attached hydrogen (secondary N) is 1. The second-order valence-electron chi connectivity index (χ2n) is 7.25. The number of aryl methyl sites for hydroxylation is 1. The van der Waals surface area contributed by atoms with Crippen LogP contribution in [0.4, 0.5) is 16.3 Å². The van der Waals surface area contributed by atoms with E-state index in [1.165, 1.54) is 6.07 Å². The molecule has 0 atom stereocenters. The van der Waals surface area contributed by atoms with E-state index in [0.29, 0.717) is 30.3 Å². The summed E-state index contributed by atoms with van der Waals surface area (Å²) < 4.78 is 5.38. The van der Waals surface area contributed by atoms with Crippen molar-refractivity contribution in [2.24, 2.45) is 0 Å². The van der Waals surface area contributed by atoms with Crippen molar-refractivity contribution in [2.75, 3.05) is 24.1 Å². The maximum Gasteiger partial charge on any atom is 0.410 e. The van der Waals surface area contributed by atoms with Crippen molar-refractivity contribution in [3.63, 3.8) is 0 Å². The van der Waals surface area contributed by atoms with Gasteiger partial charge >= 0.3 is 12.1 Å². The number of likely N-dealkylation sites (tertiary alicyclic amines) is 1. The van der Waals surface area contributed by atoms with E-state index in [9.17, 15) is 9.59 Å². The summed E-state index contributed by atoms with van der Waals surface area (Å²) in [5, 5.41) is 12.4. The fraction of sp³-hybridized carbons (Fsp3) is 0.588. The lowest BCUT2D eigenvalue weighted by atomic mass is 10.1. The smallest absolute Gasteiger partial charge is 0.410 e. The minimum Gasteiger partial charge on any atom is -0.478 e. The van der Waals surface area contributed by atoms with Gasteiger partial charge in [-0.1, -0.05) is 0 Å². The van der Waals surface area contributed by atoms with Crippen LogP contribution in [0.15, 0.2) is 6.07 Å². The van der Waals surface area contributed by atoms with Gasteiger partial charge in [0.15, 0.2) is 0 Å². The summed E-state index contributed by atoms with van der Waals surface area (Å²) >= 11 is 0. The zero-order valence-electron chi connectivity index (χ0n) is 15.1. The van der Waals surface area contributed by atoms with Crippen molar-refractivity contribution in [1.29, 1.82) is 0 Å². The molecule has 0 radical (unpaired) electrons. The molecule has 1 fully saturated rings. The molecule has 1 aliphatic rings. The highest BCUT2D eigenvalue weighted by molar-refractivity contribution is 5.91. The van der Waals surface area contributed by atoms with E-state index < -0.39 is 11.6 Å². The fourth-order valence-corrected chi connectivity index (χ4v) is 2.68. The molecule has 2 heterocycles. The van der Waals surface area contributed by atoms with Gasteiger partial charge in [0.2, 0.25) is 0 Å². The molecule has 25 heavy (non-hydrogen) atoms. The predicted molar refractivity (Wildman–Crippen MR) is 94.8 cm³/mol. The summed E-state index contributed by atoms with van der Waals surface area (Å²) in [4.78, 5) is 29.1. The second kappa shape index (κ2) is 7.16. The van der Waals surface area contributed by atoms with Crippen molar-refractivity contribution in [2.45, 2.75) is 52.2 Å². The quantitative estimate of drug-likeness (QED) is 0.766. The summed E-state index contributed by atoms with van der Waals surface area (Å²) in [5.74, 6) is -0.563. The number of rotatable bonds is 3. The Morgan fingerprint density at radius 1 is 1.36 bits per heavy atom. The van der Waals surface area contributed by atoms with Crippen LogP contribution in [0.3, 0.4) is 0 Å². The van der Waals surface area contributed by atoms with Gasteiger partial charge in [-0.25, -0.2) is 14.6 Å². The minimum absolute atomic E-state index is 0.0998. The van der Waals surface area contributed by atoms with E-state index >= 15 is 0 Å². The van der Waals surface area contributed by atoms with Crippen LogP contribution in [0.2, 0.25) is 0 Å². The Morgan fingerprint density at radius 3 is 2.48 bits per heavy atom. The molecule has 0 aromatic carbocycles. The van der Waals surface area contributed by atoms with Crippen LogP contribution in [-0.2, 0) is 4.74 Å². The Kier molecular flexibility index (Phi) is 5.39. The van der Waals surface area contributed by atoms with Crippen LogP contribution in [-0.4, -0.2) is 51.8 Å². The van der Waals surface area contributed by atoms with Gasteiger partial charge in [-0.15, -0.1) is 0 Å². The summed E-state index contributed by atoms with van der Waals surface area (Å²) in [7, 11) is 0. The van der Waals surface area contributed by atoms with E-state index in [2.05, 4.69) is 10.3 Å². The Bertz CT molecular complexity index is 661. The number of aromatic carboxylic acids is 1. The number of piperidine rings is 1. The highest BCUT2D eigenvalue weighted by Gasteiger charge is 2.27. The van der Waals surface area contributed by atoms with Gasteiger partial charge in [0.1, 0.15) is 11.4 Å². The Morgan fingerprint density at radius 2 is 1.96 bits per heavy atom. The number of carbonyl (C=O) groups is 2. The maximum absolute atomic E-state index is 12.1. The molecular formula is C17H26N4O4. The zero-order chi connectivity index (χ0) is 18.8. The number of aromatic nitrogens is 1. The highest BCUT2D eigenvalue weighted by Crippen LogP contribution is 2.23. The lowest BCUT2D eigenvalue weighted by Gasteiger charge is -2.34. The van der Waals surface area contributed by atoms with Gasteiger partial charge in [0.25, 0.3) is 0 Å². The van der Waals surface area contributed by atoms with Crippen LogP contribution in [0.25, 0.3) is 0 Å². The first kappa shape index (κ1) is 18.8. The number of ether oxygens (including phenoxy) is 1. The molecule has 1 amide bonds. The minimum atomic E-state index is -1.05. The third-order valence-corrected chi connectivity index (χ3v) is 3.96. The number of hydrogen-bond acceptors (Lipinski definition) is 6. The number of nitrogen functional groups attached to an aromatic ring is 1. The molecule has 4 N–H and O–H groups in total. The SMILES string of the molecule is Cc1nc(NC2CCN(C(=O)OC(C)(C)C)CC2)c(N)cc1C(=O)O. The van der Waals surface area contributed by atoms with Crippen molar-refractivity contribution in [1.82, 2.24) is 9.88 Å². The van der Waals surface area contributed by atoms with Crippen molar-refractivity contribution in [3.05, 3.63) is 17.3 Å². The van der Waals surface area contributed by atoms with E-state index in [0.717, 1.165) is 12.8 Å². The van der Waals surface area contributed by atoms with Crippen LogP contribution in [0.5, 0.6) is 0 Å². The lowest BCUT2D eigenvalue weighted by molar-refractivity contribution is 0.0210. The number of nitrogens with two attached hydrogens (primary N) is 1. The molecule has 1 aromatic rings. The molecule has 8 nitrogen and oxygen atoms in total. The van der Waals surface area contributed by atoms with Gasteiger partial charge in [-0.2, -0.15) is 0 Å². The maximum atomic E-state index is 12.1. The van der Waals surface area contributed by atoms with Crippen LogP contribution >= 0.6 is 0 Å². The topological polar surface area (TPSA) is 118 Å². The van der Waals surface area contributed by atoms with E-state index in [4.69, 9.17) is 15.6 Å². The summed E-state index contributed by atoms with van der Waals surface area (Å²) in [6, 6.07) is 1.53. The number of nitrogens with zero attached hydrogens (tertiary/aromatic N) is 2. The van der Waals surface area contributed by atoms with Gasteiger partial charge < -0.3 is 25.8 Å². The molecule has 0 spiro atoms. The molecule has 1 saturated heterocycles. The summed E-state index contributed by atoms with van der Waals surface area (Å²) in [6.07, 6.45) is 1.17. The first-order valence-corrected chi connectivity index (χ1v) is 8.31. The molecule has 1 aromatic heterocycles. The van der Waals surface area contributed by atoms with Crippen LogP contribution in [0.1, 0.15) is 49.7 Å². The monoisotopic (exact) mass is 350 g/mol. The summed E-state index contributed by atoms with van der Waals surface area (Å²) in [5.41, 5.74) is 6.23. The number of pyridine rings is 1. The molecule has 2 rings (SSSR count). The lowest BCUT2D eigenvalue weighted by Crippen LogP contribution is -2.44. The number of carboxylic acid groups (broad SMARTS) is 1. The molecule has 0 saturated carbocycles. The predicted octanol–water partition coefficient (Wildman–Crippen LogP) is 2.48. The Hall–Kier alpha value is -2.51.